The Morgan fingerprint density at radius 1 is 0.946 bits per heavy atom. The van der Waals surface area contributed by atoms with E-state index in [1.54, 1.807) is 19.9 Å². The SMILES string of the molecule is C=CC#N.CC(C(=O)O)N1CCCNC1=O.CC(N)C(=O)O.CC(NCCCN)C(=O)O.[C-]#[N+]CCN(C(=O)OC)C(C)C(=O)O.[C-]#[N+]CCNC(C)C(=O)O. The molecular weight excluding hydrogens is 744 g/mol. The lowest BCUT2D eigenvalue weighted by atomic mass is 10.2. The fraction of sp³-hybridized carbons (Fsp3) is 0.636. The maximum absolute atomic E-state index is 11.1. The number of rotatable bonds is 16. The summed E-state index contributed by atoms with van der Waals surface area (Å²) < 4.78 is 4.40. The molecule has 318 valence electrons. The molecule has 1 heterocycles. The molecule has 0 spiro atoms. The van der Waals surface area contributed by atoms with Crippen molar-refractivity contribution in [3.05, 3.63) is 35.5 Å². The van der Waals surface area contributed by atoms with Gasteiger partial charge in [0.2, 0.25) is 13.1 Å². The first-order valence-corrected chi connectivity index (χ1v) is 16.7. The fourth-order valence-electron chi connectivity index (χ4n) is 2.93. The van der Waals surface area contributed by atoms with Crippen molar-refractivity contribution in [2.45, 2.75) is 77.7 Å². The van der Waals surface area contributed by atoms with Gasteiger partial charge in [-0.3, -0.25) is 24.6 Å². The highest BCUT2D eigenvalue weighted by Gasteiger charge is 2.27. The Balaban J connectivity index is -0.000000192. The van der Waals surface area contributed by atoms with Crippen LogP contribution in [-0.4, -0.2) is 167 Å². The maximum Gasteiger partial charge on any atom is 0.410 e. The average molecular weight is 803 g/mol. The van der Waals surface area contributed by atoms with Crippen LogP contribution in [0.2, 0.25) is 0 Å². The highest BCUT2D eigenvalue weighted by atomic mass is 16.5. The van der Waals surface area contributed by atoms with E-state index < -0.39 is 66.1 Å². The van der Waals surface area contributed by atoms with Gasteiger partial charge < -0.3 is 67.0 Å². The number of nitrogens with two attached hydrogens (primary N) is 2. The van der Waals surface area contributed by atoms with E-state index in [-0.39, 0.29) is 19.1 Å². The molecule has 1 aliphatic rings. The smallest absolute Gasteiger partial charge is 0.410 e. The lowest BCUT2D eigenvalue weighted by Gasteiger charge is -2.30. The second-order valence-electron chi connectivity index (χ2n) is 10.9. The summed E-state index contributed by atoms with van der Waals surface area (Å²) >= 11 is 0. The van der Waals surface area contributed by atoms with Gasteiger partial charge in [0.1, 0.15) is 30.2 Å². The van der Waals surface area contributed by atoms with Crippen LogP contribution in [0.1, 0.15) is 47.5 Å². The first kappa shape index (κ1) is 59.2. The molecule has 0 saturated carbocycles. The van der Waals surface area contributed by atoms with Crippen molar-refractivity contribution in [1.29, 1.82) is 5.26 Å². The van der Waals surface area contributed by atoms with Gasteiger partial charge in [-0.1, -0.05) is 6.58 Å². The van der Waals surface area contributed by atoms with E-state index in [1.165, 1.54) is 38.9 Å². The van der Waals surface area contributed by atoms with Crippen molar-refractivity contribution in [1.82, 2.24) is 25.8 Å². The molecule has 0 aliphatic carbocycles. The van der Waals surface area contributed by atoms with Crippen LogP contribution < -0.4 is 27.4 Å². The number of carboxylic acids is 5. The molecule has 23 nitrogen and oxygen atoms in total. The Morgan fingerprint density at radius 3 is 1.73 bits per heavy atom. The molecule has 0 bridgehead atoms. The number of hydrogen-bond donors (Lipinski definition) is 10. The van der Waals surface area contributed by atoms with E-state index in [9.17, 15) is 33.6 Å². The van der Waals surface area contributed by atoms with E-state index in [2.05, 4.69) is 37.0 Å². The minimum Gasteiger partial charge on any atom is -0.480 e. The summed E-state index contributed by atoms with van der Waals surface area (Å²) in [5.41, 5.74) is 10.0. The number of nitrogens with one attached hydrogen (secondary N) is 3. The molecule has 1 saturated heterocycles. The lowest BCUT2D eigenvalue weighted by Crippen LogP contribution is -2.52. The zero-order valence-electron chi connectivity index (χ0n) is 32.6. The number of amides is 3. The van der Waals surface area contributed by atoms with Crippen LogP contribution in [0.25, 0.3) is 9.69 Å². The zero-order chi connectivity index (χ0) is 44.8. The molecule has 56 heavy (non-hydrogen) atoms. The summed E-state index contributed by atoms with van der Waals surface area (Å²) in [4.78, 5) is 81.7. The van der Waals surface area contributed by atoms with E-state index in [0.29, 0.717) is 39.3 Å². The van der Waals surface area contributed by atoms with Crippen molar-refractivity contribution >= 4 is 42.0 Å². The number of carbonyl (C=O) groups is 7. The Bertz CT molecular complexity index is 1310. The molecule has 3 amide bonds. The van der Waals surface area contributed by atoms with Crippen molar-refractivity contribution in [2.75, 3.05) is 59.5 Å². The van der Waals surface area contributed by atoms with Crippen LogP contribution in [0.5, 0.6) is 0 Å². The van der Waals surface area contributed by atoms with Crippen molar-refractivity contribution in [2.24, 2.45) is 11.5 Å². The van der Waals surface area contributed by atoms with E-state index in [1.807, 2.05) is 0 Å². The number of nitriles is 1. The molecule has 0 aromatic rings. The molecule has 0 aromatic heterocycles. The summed E-state index contributed by atoms with van der Waals surface area (Å²) in [6, 6.07) is -2.05. The zero-order valence-corrected chi connectivity index (χ0v) is 32.6. The highest BCUT2D eigenvalue weighted by Crippen LogP contribution is 2.05. The molecule has 23 heteroatoms. The molecule has 0 radical (unpaired) electrons. The third-order valence-corrected chi connectivity index (χ3v) is 6.35. The van der Waals surface area contributed by atoms with Gasteiger partial charge in [-0.2, -0.15) is 5.26 Å². The predicted octanol–water partition coefficient (Wildman–Crippen LogP) is -0.198. The predicted molar refractivity (Wildman–Crippen MR) is 202 cm³/mol. The fourth-order valence-corrected chi connectivity index (χ4v) is 2.93. The van der Waals surface area contributed by atoms with E-state index >= 15 is 0 Å². The standard InChI is InChI=1S/C8H12N2O4.C7H12N2O3.C6H10N2O2.C6H14N2O2.C3H7NO2.C3H3N/c1-6(7(11)12)10(5-4-9-2)8(13)14-3;1-5(6(10)11)9-4-2-3-8-7(9)12;1-5(6(9)10)8-4-3-7-2;1-5(6(9)10)8-4-2-3-7;1-2(4)3(5)6;1-2-3-4/h6H,4-5H2,1,3H3,(H,11,12);5H,2-4H2,1H3,(H,8,12)(H,10,11);5,8H,3-4H2,1H3,(H,9,10);5,8H,2-4,7H2,1H3,(H,9,10);2H,4H2,1H3,(H,5,6);2H,1H2. The van der Waals surface area contributed by atoms with E-state index in [4.69, 9.17) is 55.4 Å². The number of hydrogen-bond acceptors (Lipinski definition) is 13. The third-order valence-electron chi connectivity index (χ3n) is 6.35. The van der Waals surface area contributed by atoms with Crippen LogP contribution in [0.15, 0.2) is 12.7 Å². The monoisotopic (exact) mass is 802 g/mol. The van der Waals surface area contributed by atoms with Gasteiger partial charge >= 0.3 is 42.0 Å². The van der Waals surface area contributed by atoms with Crippen LogP contribution in [-0.2, 0) is 28.7 Å². The van der Waals surface area contributed by atoms with Crippen LogP contribution in [0, 0.1) is 24.5 Å². The molecule has 1 aliphatic heterocycles. The van der Waals surface area contributed by atoms with Crippen LogP contribution in [0.3, 0.4) is 0 Å². The first-order valence-electron chi connectivity index (χ1n) is 16.7. The molecule has 5 unspecified atom stereocenters. The number of aliphatic carboxylic acids is 5. The third kappa shape index (κ3) is 36.3. The van der Waals surface area contributed by atoms with Crippen molar-refractivity contribution < 1.29 is 63.8 Å². The number of carboxylic acid groups (broad SMARTS) is 5. The number of methoxy groups -OCH3 is 1. The van der Waals surface area contributed by atoms with E-state index in [0.717, 1.165) is 17.7 Å². The Labute approximate surface area is 326 Å². The van der Waals surface area contributed by atoms with Gasteiger partial charge in [0.05, 0.1) is 26.3 Å². The van der Waals surface area contributed by atoms with Gasteiger partial charge in [-0.15, -0.1) is 0 Å². The quantitative estimate of drug-likeness (QED) is 0.0549. The topological polar surface area (TPSA) is 357 Å². The van der Waals surface area contributed by atoms with Gasteiger partial charge in [0.15, 0.2) is 0 Å². The second kappa shape index (κ2) is 38.7. The molecule has 1 rings (SSSR count). The molecule has 1 fully saturated rings. The Kier molecular flexibility index (Phi) is 40.9. The van der Waals surface area contributed by atoms with Crippen LogP contribution >= 0.6 is 0 Å². The maximum atomic E-state index is 11.1. The number of urea groups is 1. The Hall–Kier alpha value is -6.06. The van der Waals surface area contributed by atoms with Gasteiger partial charge in [-0.25, -0.2) is 32.3 Å². The average Bonchev–Trinajstić information content (AvgIpc) is 3.15. The first-order chi connectivity index (χ1) is 26.1. The highest BCUT2D eigenvalue weighted by molar-refractivity contribution is 5.82. The number of allylic oxidation sites excluding steroid dienone is 1. The second-order valence-corrected chi connectivity index (χ2v) is 10.9. The largest absolute Gasteiger partial charge is 0.480 e. The van der Waals surface area contributed by atoms with Gasteiger partial charge in [0, 0.05) is 19.2 Å². The minimum absolute atomic E-state index is 0.0592. The Morgan fingerprint density at radius 2 is 1.41 bits per heavy atom. The lowest BCUT2D eigenvalue weighted by molar-refractivity contribution is -0.142. The number of carbonyl (C=O) groups excluding carboxylic acids is 2. The molecule has 12 N–H and O–H groups in total. The van der Waals surface area contributed by atoms with Crippen molar-refractivity contribution in [3.8, 4) is 6.07 Å². The van der Waals surface area contributed by atoms with Crippen LogP contribution in [0.4, 0.5) is 9.59 Å². The summed E-state index contributed by atoms with van der Waals surface area (Å²) in [6.45, 7) is 26.8. The number of nitrogens with zero attached hydrogens (tertiary/aromatic N) is 5. The summed E-state index contributed by atoms with van der Waals surface area (Å²) in [5, 5.41) is 57.5. The molecular formula is C33H58N10O13. The number of ether oxygens (including phenoxy) is 1. The van der Waals surface area contributed by atoms with Gasteiger partial charge in [-0.05, 0) is 60.5 Å². The molecule has 5 atom stereocenters. The summed E-state index contributed by atoms with van der Waals surface area (Å²) in [5.74, 6) is -4.76. The summed E-state index contributed by atoms with van der Waals surface area (Å²) in [6.07, 6.45) is 2.07. The molecule has 0 aromatic carbocycles. The normalized spacial score (nSPS) is 13.3. The van der Waals surface area contributed by atoms with Gasteiger partial charge in [0.25, 0.3) is 0 Å². The minimum atomic E-state index is -1.12. The summed E-state index contributed by atoms with van der Waals surface area (Å²) in [7, 11) is 1.17. The van der Waals surface area contributed by atoms with Crippen molar-refractivity contribution in [3.63, 3.8) is 0 Å².